The first kappa shape index (κ1) is 17.2. The number of methoxy groups -OCH3 is 2. The molecule has 1 aromatic carbocycles. The number of esters is 2. The number of furan rings is 1. The summed E-state index contributed by atoms with van der Waals surface area (Å²) in [6.07, 6.45) is 1.51. The van der Waals surface area contributed by atoms with Gasteiger partial charge >= 0.3 is 11.9 Å². The second-order valence-electron chi connectivity index (χ2n) is 5.12. The number of rotatable bonds is 6. The molecule has 9 heteroatoms. The van der Waals surface area contributed by atoms with Gasteiger partial charge in [-0.25, -0.2) is 9.59 Å². The van der Waals surface area contributed by atoms with Gasteiger partial charge in [0.25, 0.3) is 0 Å². The molecule has 26 heavy (non-hydrogen) atoms. The SMILES string of the molecule is COC(=O)c1cc(NCc2nc(-c3ccco3)no2)cc(C(=O)OC)c1. The molecule has 2 heterocycles. The van der Waals surface area contributed by atoms with Crippen molar-refractivity contribution in [1.82, 2.24) is 10.1 Å². The highest BCUT2D eigenvalue weighted by Crippen LogP contribution is 2.19. The van der Waals surface area contributed by atoms with Gasteiger partial charge in [0.05, 0.1) is 38.2 Å². The lowest BCUT2D eigenvalue weighted by atomic mass is 10.1. The van der Waals surface area contributed by atoms with E-state index >= 15 is 0 Å². The molecular weight excluding hydrogens is 342 g/mol. The van der Waals surface area contributed by atoms with Gasteiger partial charge in [0.2, 0.25) is 11.7 Å². The maximum absolute atomic E-state index is 11.8. The summed E-state index contributed by atoms with van der Waals surface area (Å²) in [5.41, 5.74) is 0.908. The number of carbonyl (C=O) groups is 2. The van der Waals surface area contributed by atoms with Gasteiger partial charge in [-0.05, 0) is 30.3 Å². The molecule has 0 unspecified atom stereocenters. The smallest absolute Gasteiger partial charge is 0.337 e. The predicted molar refractivity (Wildman–Crippen MR) is 88.4 cm³/mol. The lowest BCUT2D eigenvalue weighted by molar-refractivity contribution is 0.0599. The zero-order valence-electron chi connectivity index (χ0n) is 14.0. The van der Waals surface area contributed by atoms with Crippen molar-refractivity contribution in [1.29, 1.82) is 0 Å². The number of hydrogen-bond donors (Lipinski definition) is 1. The van der Waals surface area contributed by atoms with Crippen molar-refractivity contribution in [3.63, 3.8) is 0 Å². The van der Waals surface area contributed by atoms with Crippen molar-refractivity contribution < 1.29 is 28.0 Å². The number of anilines is 1. The van der Waals surface area contributed by atoms with E-state index in [9.17, 15) is 9.59 Å². The molecule has 0 spiro atoms. The number of nitrogens with one attached hydrogen (secondary N) is 1. The summed E-state index contributed by atoms with van der Waals surface area (Å²) in [5, 5.41) is 6.84. The molecular formula is C17H15N3O6. The molecule has 2 aromatic heterocycles. The normalized spacial score (nSPS) is 10.4. The number of ether oxygens (including phenoxy) is 2. The van der Waals surface area contributed by atoms with Crippen LogP contribution >= 0.6 is 0 Å². The Morgan fingerprint density at radius 1 is 1.12 bits per heavy atom. The van der Waals surface area contributed by atoms with Crippen molar-refractivity contribution in [3.8, 4) is 11.6 Å². The zero-order chi connectivity index (χ0) is 18.5. The predicted octanol–water partition coefficient (Wildman–Crippen LogP) is 2.51. The Kier molecular flexibility index (Phi) is 4.97. The fourth-order valence-electron chi connectivity index (χ4n) is 2.21. The van der Waals surface area contributed by atoms with Gasteiger partial charge in [-0.2, -0.15) is 4.98 Å². The molecule has 134 valence electrons. The van der Waals surface area contributed by atoms with Gasteiger partial charge in [0.1, 0.15) is 0 Å². The van der Waals surface area contributed by atoms with Crippen LogP contribution < -0.4 is 5.32 Å². The summed E-state index contributed by atoms with van der Waals surface area (Å²) in [5.74, 6) is -0.0288. The summed E-state index contributed by atoms with van der Waals surface area (Å²) >= 11 is 0. The first-order valence-corrected chi connectivity index (χ1v) is 7.52. The molecule has 3 rings (SSSR count). The van der Waals surface area contributed by atoms with E-state index in [4.69, 9.17) is 18.4 Å². The van der Waals surface area contributed by atoms with Gasteiger partial charge in [-0.3, -0.25) is 0 Å². The average Bonchev–Trinajstić information content (AvgIpc) is 3.36. The van der Waals surface area contributed by atoms with Crippen LogP contribution in [-0.4, -0.2) is 36.3 Å². The summed E-state index contributed by atoms with van der Waals surface area (Å²) in [6, 6.07) is 7.91. The Morgan fingerprint density at radius 2 is 1.81 bits per heavy atom. The standard InChI is InChI=1S/C17H15N3O6/c1-23-16(21)10-6-11(17(22)24-2)8-12(7-10)18-9-14-19-15(20-26-14)13-4-3-5-25-13/h3-8,18H,9H2,1-2H3. The van der Waals surface area contributed by atoms with Crippen molar-refractivity contribution in [2.24, 2.45) is 0 Å². The van der Waals surface area contributed by atoms with E-state index in [2.05, 4.69) is 15.5 Å². The van der Waals surface area contributed by atoms with Gasteiger partial charge in [-0.1, -0.05) is 5.16 Å². The second kappa shape index (κ2) is 7.51. The molecule has 0 aliphatic heterocycles. The molecule has 9 nitrogen and oxygen atoms in total. The Morgan fingerprint density at radius 3 is 2.38 bits per heavy atom. The maximum atomic E-state index is 11.8. The first-order chi connectivity index (χ1) is 12.6. The molecule has 0 bridgehead atoms. The number of aromatic nitrogens is 2. The highest BCUT2D eigenvalue weighted by Gasteiger charge is 2.15. The number of hydrogen-bond acceptors (Lipinski definition) is 9. The van der Waals surface area contributed by atoms with Crippen molar-refractivity contribution >= 4 is 17.6 Å². The summed E-state index contributed by atoms with van der Waals surface area (Å²) in [6.45, 7) is 0.180. The van der Waals surface area contributed by atoms with E-state index < -0.39 is 11.9 Å². The van der Waals surface area contributed by atoms with E-state index in [-0.39, 0.29) is 17.7 Å². The number of carbonyl (C=O) groups excluding carboxylic acids is 2. The van der Waals surface area contributed by atoms with E-state index in [0.29, 0.717) is 23.2 Å². The molecule has 1 N–H and O–H groups in total. The van der Waals surface area contributed by atoms with E-state index in [0.717, 1.165) is 0 Å². The average molecular weight is 357 g/mol. The molecule has 3 aromatic rings. The van der Waals surface area contributed by atoms with Crippen LogP contribution in [0.3, 0.4) is 0 Å². The van der Waals surface area contributed by atoms with Crippen molar-refractivity contribution in [2.75, 3.05) is 19.5 Å². The highest BCUT2D eigenvalue weighted by molar-refractivity contribution is 5.96. The lowest BCUT2D eigenvalue weighted by Gasteiger charge is -2.09. The molecule has 0 saturated heterocycles. The summed E-state index contributed by atoms with van der Waals surface area (Å²) in [4.78, 5) is 27.8. The van der Waals surface area contributed by atoms with E-state index in [1.807, 2.05) is 0 Å². The molecule has 0 atom stereocenters. The van der Waals surface area contributed by atoms with Crippen molar-refractivity contribution in [2.45, 2.75) is 6.54 Å². The highest BCUT2D eigenvalue weighted by atomic mass is 16.5. The maximum Gasteiger partial charge on any atom is 0.337 e. The fraction of sp³-hybridized carbons (Fsp3) is 0.176. The molecule has 0 aliphatic rings. The van der Waals surface area contributed by atoms with Crippen LogP contribution in [-0.2, 0) is 16.0 Å². The topological polar surface area (TPSA) is 117 Å². The molecule has 0 radical (unpaired) electrons. The van der Waals surface area contributed by atoms with Crippen molar-refractivity contribution in [3.05, 3.63) is 53.6 Å². The zero-order valence-corrected chi connectivity index (χ0v) is 14.0. The minimum Gasteiger partial charge on any atom is -0.465 e. The van der Waals surface area contributed by atoms with Crippen LogP contribution in [0.2, 0.25) is 0 Å². The minimum absolute atomic E-state index is 0.180. The van der Waals surface area contributed by atoms with E-state index in [1.54, 1.807) is 24.3 Å². The third-order valence-corrected chi connectivity index (χ3v) is 3.43. The van der Waals surface area contributed by atoms with Crippen LogP contribution in [0.4, 0.5) is 5.69 Å². The van der Waals surface area contributed by atoms with Gasteiger partial charge in [-0.15, -0.1) is 0 Å². The Bertz CT molecular complexity index is 882. The van der Waals surface area contributed by atoms with Gasteiger partial charge in [0, 0.05) is 5.69 Å². The monoisotopic (exact) mass is 357 g/mol. The third-order valence-electron chi connectivity index (χ3n) is 3.43. The molecule has 0 saturated carbocycles. The second-order valence-corrected chi connectivity index (χ2v) is 5.12. The van der Waals surface area contributed by atoms with Crippen LogP contribution in [0.1, 0.15) is 26.6 Å². The van der Waals surface area contributed by atoms with Crippen LogP contribution in [0, 0.1) is 0 Å². The Labute approximate surface area is 147 Å². The molecule has 0 fully saturated rings. The Balaban J connectivity index is 1.78. The van der Waals surface area contributed by atoms with Crippen LogP contribution in [0.5, 0.6) is 0 Å². The summed E-state index contributed by atoms with van der Waals surface area (Å²) in [7, 11) is 2.52. The Hall–Kier alpha value is -3.62. The van der Waals surface area contributed by atoms with E-state index in [1.165, 1.54) is 26.5 Å². The minimum atomic E-state index is -0.573. The summed E-state index contributed by atoms with van der Waals surface area (Å²) < 4.78 is 19.7. The third kappa shape index (κ3) is 3.72. The first-order valence-electron chi connectivity index (χ1n) is 7.52. The van der Waals surface area contributed by atoms with Gasteiger partial charge in [0.15, 0.2) is 5.76 Å². The largest absolute Gasteiger partial charge is 0.465 e. The van der Waals surface area contributed by atoms with Crippen LogP contribution in [0.25, 0.3) is 11.6 Å². The number of benzene rings is 1. The number of nitrogens with zero attached hydrogens (tertiary/aromatic N) is 2. The van der Waals surface area contributed by atoms with Gasteiger partial charge < -0.3 is 23.7 Å². The van der Waals surface area contributed by atoms with Crippen LogP contribution in [0.15, 0.2) is 45.5 Å². The molecule has 0 amide bonds. The lowest BCUT2D eigenvalue weighted by Crippen LogP contribution is -2.09. The molecule has 0 aliphatic carbocycles. The quantitative estimate of drug-likeness (QED) is 0.664. The fourth-order valence-corrected chi connectivity index (χ4v) is 2.21.